The number of pyridine rings is 1. The maximum absolute atomic E-state index is 11.7. The molecule has 2 aromatic rings. The van der Waals surface area contributed by atoms with Gasteiger partial charge in [0.2, 0.25) is 0 Å². The first kappa shape index (κ1) is 12.7. The van der Waals surface area contributed by atoms with E-state index in [1.807, 2.05) is 26.1 Å². The molecular weight excluding hydrogens is 226 g/mol. The Hall–Kier alpha value is -1.39. The fourth-order valence-corrected chi connectivity index (χ4v) is 1.53. The van der Waals surface area contributed by atoms with E-state index in [4.69, 9.17) is 0 Å². The zero-order valence-corrected chi connectivity index (χ0v) is 10.0. The van der Waals surface area contributed by atoms with Crippen LogP contribution in [0.4, 0.5) is 0 Å². The summed E-state index contributed by atoms with van der Waals surface area (Å²) in [5.41, 5.74) is 2.48. The summed E-state index contributed by atoms with van der Waals surface area (Å²) < 4.78 is 1.56. The number of fused-ring (bicyclic) bond motifs is 1. The molecule has 2 aromatic heterocycles. The van der Waals surface area contributed by atoms with Crippen LogP contribution in [0.25, 0.3) is 5.65 Å². The Bertz CT molecular complexity index is 550. The zero-order valence-electron chi connectivity index (χ0n) is 9.23. The molecule has 16 heavy (non-hydrogen) atoms. The second-order valence-electron chi connectivity index (χ2n) is 3.55. The van der Waals surface area contributed by atoms with E-state index < -0.39 is 0 Å². The van der Waals surface area contributed by atoms with E-state index in [1.165, 1.54) is 0 Å². The summed E-state index contributed by atoms with van der Waals surface area (Å²) in [6.07, 6.45) is 1.80. The van der Waals surface area contributed by atoms with Crippen molar-refractivity contribution in [1.29, 1.82) is 0 Å². The lowest BCUT2D eigenvalue weighted by molar-refractivity contribution is 0.785. The maximum atomic E-state index is 11.7. The van der Waals surface area contributed by atoms with E-state index in [1.54, 1.807) is 16.7 Å². The number of nitrogens with one attached hydrogen (secondary N) is 1. The Morgan fingerprint density at radius 1 is 1.44 bits per heavy atom. The summed E-state index contributed by atoms with van der Waals surface area (Å²) in [5, 5.41) is 2.98. The molecule has 0 saturated heterocycles. The SMILES string of the molecule is CNCc1cc(=O)n2cc(C)ccc2n1.Cl. The molecule has 0 saturated carbocycles. The molecule has 2 heterocycles. The molecule has 86 valence electrons. The number of hydrogen-bond acceptors (Lipinski definition) is 3. The van der Waals surface area contributed by atoms with Crippen molar-refractivity contribution in [2.24, 2.45) is 0 Å². The van der Waals surface area contributed by atoms with Crippen LogP contribution in [0.5, 0.6) is 0 Å². The van der Waals surface area contributed by atoms with Crippen molar-refractivity contribution in [1.82, 2.24) is 14.7 Å². The molecule has 4 nitrogen and oxygen atoms in total. The van der Waals surface area contributed by atoms with Crippen LogP contribution >= 0.6 is 12.4 Å². The Balaban J connectivity index is 0.00000128. The Morgan fingerprint density at radius 3 is 2.88 bits per heavy atom. The van der Waals surface area contributed by atoms with Crippen LogP contribution in [-0.2, 0) is 6.54 Å². The molecule has 0 aliphatic carbocycles. The molecule has 0 atom stereocenters. The number of nitrogens with zero attached hydrogens (tertiary/aromatic N) is 2. The van der Waals surface area contributed by atoms with Crippen molar-refractivity contribution < 1.29 is 0 Å². The van der Waals surface area contributed by atoms with E-state index in [2.05, 4.69) is 10.3 Å². The molecule has 0 aliphatic heterocycles. The van der Waals surface area contributed by atoms with Crippen molar-refractivity contribution in [3.8, 4) is 0 Å². The van der Waals surface area contributed by atoms with Gasteiger partial charge in [-0.25, -0.2) is 4.98 Å². The Labute approximate surface area is 99.7 Å². The highest BCUT2D eigenvalue weighted by atomic mass is 35.5. The molecule has 2 rings (SSSR count). The molecule has 0 spiro atoms. The van der Waals surface area contributed by atoms with Crippen LogP contribution in [0, 0.1) is 6.92 Å². The fourth-order valence-electron chi connectivity index (χ4n) is 1.53. The Morgan fingerprint density at radius 2 is 2.19 bits per heavy atom. The lowest BCUT2D eigenvalue weighted by Gasteiger charge is -2.04. The van der Waals surface area contributed by atoms with Gasteiger partial charge >= 0.3 is 0 Å². The second-order valence-corrected chi connectivity index (χ2v) is 3.55. The molecule has 0 fully saturated rings. The highest BCUT2D eigenvalue weighted by Gasteiger charge is 2.01. The van der Waals surface area contributed by atoms with Gasteiger partial charge in [-0.1, -0.05) is 6.07 Å². The van der Waals surface area contributed by atoms with Crippen molar-refractivity contribution in [2.45, 2.75) is 13.5 Å². The zero-order chi connectivity index (χ0) is 10.8. The first-order chi connectivity index (χ1) is 7.20. The van der Waals surface area contributed by atoms with Crippen LogP contribution in [0.3, 0.4) is 0 Å². The van der Waals surface area contributed by atoms with E-state index in [9.17, 15) is 4.79 Å². The predicted molar refractivity (Wildman–Crippen MR) is 66.2 cm³/mol. The number of aryl methyl sites for hydroxylation is 1. The molecule has 1 N–H and O–H groups in total. The third-order valence-electron chi connectivity index (χ3n) is 2.22. The lowest BCUT2D eigenvalue weighted by Crippen LogP contribution is -2.18. The fraction of sp³-hybridized carbons (Fsp3) is 0.273. The highest BCUT2D eigenvalue weighted by Crippen LogP contribution is 2.01. The van der Waals surface area contributed by atoms with Crippen molar-refractivity contribution in [2.75, 3.05) is 7.05 Å². The van der Waals surface area contributed by atoms with Gasteiger partial charge in [0.25, 0.3) is 5.56 Å². The number of hydrogen-bond donors (Lipinski definition) is 1. The van der Waals surface area contributed by atoms with E-state index >= 15 is 0 Å². The van der Waals surface area contributed by atoms with E-state index in [0.717, 1.165) is 11.3 Å². The largest absolute Gasteiger partial charge is 0.314 e. The third-order valence-corrected chi connectivity index (χ3v) is 2.22. The van der Waals surface area contributed by atoms with Crippen LogP contribution in [-0.4, -0.2) is 16.4 Å². The van der Waals surface area contributed by atoms with E-state index in [-0.39, 0.29) is 18.0 Å². The molecule has 0 unspecified atom stereocenters. The van der Waals surface area contributed by atoms with Gasteiger partial charge in [-0.05, 0) is 25.6 Å². The molecule has 0 radical (unpaired) electrons. The van der Waals surface area contributed by atoms with Crippen molar-refractivity contribution in [3.63, 3.8) is 0 Å². The monoisotopic (exact) mass is 239 g/mol. The summed E-state index contributed by atoms with van der Waals surface area (Å²) in [5.74, 6) is 0. The maximum Gasteiger partial charge on any atom is 0.258 e. The van der Waals surface area contributed by atoms with Gasteiger partial charge < -0.3 is 5.32 Å². The molecule has 0 amide bonds. The van der Waals surface area contributed by atoms with Crippen LogP contribution in [0.2, 0.25) is 0 Å². The molecule has 0 bridgehead atoms. The lowest BCUT2D eigenvalue weighted by atomic mass is 10.3. The predicted octanol–water partition coefficient (Wildman–Crippen LogP) is 1.14. The van der Waals surface area contributed by atoms with Crippen molar-refractivity contribution in [3.05, 3.63) is 46.0 Å². The van der Waals surface area contributed by atoms with Gasteiger partial charge in [0.05, 0.1) is 5.69 Å². The number of halogens is 1. The van der Waals surface area contributed by atoms with Gasteiger partial charge in [0.1, 0.15) is 5.65 Å². The highest BCUT2D eigenvalue weighted by molar-refractivity contribution is 5.85. The van der Waals surface area contributed by atoms with Crippen LogP contribution < -0.4 is 10.9 Å². The molecule has 0 aliphatic rings. The molecule has 0 aromatic carbocycles. The average Bonchev–Trinajstić information content (AvgIpc) is 2.20. The summed E-state index contributed by atoms with van der Waals surface area (Å²) >= 11 is 0. The van der Waals surface area contributed by atoms with Gasteiger partial charge in [0, 0.05) is 18.8 Å². The average molecular weight is 240 g/mol. The van der Waals surface area contributed by atoms with Crippen LogP contribution in [0.1, 0.15) is 11.3 Å². The van der Waals surface area contributed by atoms with E-state index in [0.29, 0.717) is 12.2 Å². The topological polar surface area (TPSA) is 46.4 Å². The summed E-state index contributed by atoms with van der Waals surface area (Å²) in [7, 11) is 1.83. The second kappa shape index (κ2) is 5.09. The number of aromatic nitrogens is 2. The van der Waals surface area contributed by atoms with Gasteiger partial charge in [-0.3, -0.25) is 9.20 Å². The van der Waals surface area contributed by atoms with Crippen LogP contribution in [0.15, 0.2) is 29.2 Å². The van der Waals surface area contributed by atoms with Gasteiger partial charge in [-0.15, -0.1) is 12.4 Å². The minimum Gasteiger partial charge on any atom is -0.314 e. The first-order valence-electron chi connectivity index (χ1n) is 4.84. The molecule has 5 heteroatoms. The summed E-state index contributed by atoms with van der Waals surface area (Å²) in [6.45, 7) is 2.56. The normalized spacial score (nSPS) is 10.1. The Kier molecular flexibility index (Phi) is 4.04. The van der Waals surface area contributed by atoms with Gasteiger partial charge in [0.15, 0.2) is 0 Å². The van der Waals surface area contributed by atoms with Crippen molar-refractivity contribution >= 4 is 18.1 Å². The third kappa shape index (κ3) is 2.40. The summed E-state index contributed by atoms with van der Waals surface area (Å²) in [4.78, 5) is 16.1. The molecular formula is C11H14ClN3O. The summed E-state index contributed by atoms with van der Waals surface area (Å²) in [6, 6.07) is 5.36. The minimum atomic E-state index is -0.0334. The number of rotatable bonds is 2. The quantitative estimate of drug-likeness (QED) is 0.855. The first-order valence-corrected chi connectivity index (χ1v) is 4.84. The minimum absolute atomic E-state index is 0. The van der Waals surface area contributed by atoms with Gasteiger partial charge in [-0.2, -0.15) is 0 Å². The standard InChI is InChI=1S/C11H13N3O.ClH/c1-8-3-4-10-13-9(6-12-2)5-11(15)14(10)7-8;/h3-5,7,12H,6H2,1-2H3;1H. The smallest absolute Gasteiger partial charge is 0.258 e.